The third kappa shape index (κ3) is 4.89. The van der Waals surface area contributed by atoms with Gasteiger partial charge in [0.15, 0.2) is 6.73 Å². The fourth-order valence-electron chi connectivity index (χ4n) is 2.75. The van der Waals surface area contributed by atoms with E-state index in [-0.39, 0.29) is 18.7 Å². The second-order valence-electron chi connectivity index (χ2n) is 6.29. The summed E-state index contributed by atoms with van der Waals surface area (Å²) in [6.45, 7) is 4.23. The number of aromatic nitrogens is 2. The molecule has 3 aromatic rings. The van der Waals surface area contributed by atoms with Gasteiger partial charge < -0.3 is 10.1 Å². The number of hydrogen-bond donors (Lipinski definition) is 1. The van der Waals surface area contributed by atoms with Gasteiger partial charge in [-0.05, 0) is 49.2 Å². The van der Waals surface area contributed by atoms with Crippen LogP contribution in [0.5, 0.6) is 5.75 Å². The molecule has 0 saturated heterocycles. The van der Waals surface area contributed by atoms with Gasteiger partial charge in [0.2, 0.25) is 0 Å². The van der Waals surface area contributed by atoms with Crippen molar-refractivity contribution in [3.63, 3.8) is 0 Å². The van der Waals surface area contributed by atoms with Crippen molar-refractivity contribution >= 4 is 17.5 Å². The Morgan fingerprint density at radius 1 is 1.15 bits per heavy atom. The van der Waals surface area contributed by atoms with Crippen LogP contribution in [0.25, 0.3) is 0 Å². The Morgan fingerprint density at radius 3 is 2.52 bits per heavy atom. The number of carbonyl (C=O) groups is 1. The molecule has 27 heavy (non-hydrogen) atoms. The van der Waals surface area contributed by atoms with Gasteiger partial charge in [-0.2, -0.15) is 5.10 Å². The van der Waals surface area contributed by atoms with E-state index in [0.717, 1.165) is 12.0 Å². The standard InChI is InChI=1S/C21H22ClN3O2/c1-3-19(16-6-4-15(2)5-7-16)24-21(26)20-12-13-23-25(20)14-27-18-10-8-17(22)9-11-18/h4-13,19H,3,14H2,1-2H3,(H,24,26). The predicted molar refractivity (Wildman–Crippen MR) is 106 cm³/mol. The summed E-state index contributed by atoms with van der Waals surface area (Å²) in [6, 6.07) is 16.9. The van der Waals surface area contributed by atoms with Crippen molar-refractivity contribution < 1.29 is 9.53 Å². The molecule has 0 saturated carbocycles. The molecule has 1 atom stereocenters. The molecular weight excluding hydrogens is 362 g/mol. The number of rotatable bonds is 7. The van der Waals surface area contributed by atoms with Crippen LogP contribution in [0.2, 0.25) is 5.02 Å². The molecule has 1 unspecified atom stereocenters. The topological polar surface area (TPSA) is 56.2 Å². The number of ether oxygens (including phenoxy) is 1. The zero-order valence-corrected chi connectivity index (χ0v) is 16.1. The number of nitrogens with zero attached hydrogens (tertiary/aromatic N) is 2. The summed E-state index contributed by atoms with van der Waals surface area (Å²) in [5.74, 6) is 0.479. The zero-order valence-electron chi connectivity index (χ0n) is 15.4. The number of benzene rings is 2. The van der Waals surface area contributed by atoms with Crippen LogP contribution in [0.3, 0.4) is 0 Å². The van der Waals surface area contributed by atoms with Gasteiger partial charge >= 0.3 is 0 Å². The number of halogens is 1. The fourth-order valence-corrected chi connectivity index (χ4v) is 2.87. The summed E-state index contributed by atoms with van der Waals surface area (Å²) in [5, 5.41) is 7.91. The van der Waals surface area contributed by atoms with Crippen LogP contribution in [0.4, 0.5) is 0 Å². The summed E-state index contributed by atoms with van der Waals surface area (Å²) < 4.78 is 7.22. The molecule has 0 fully saturated rings. The van der Waals surface area contributed by atoms with Crippen molar-refractivity contribution in [1.82, 2.24) is 15.1 Å². The van der Waals surface area contributed by atoms with Gasteiger partial charge in [-0.3, -0.25) is 4.79 Å². The van der Waals surface area contributed by atoms with Gasteiger partial charge in [-0.25, -0.2) is 4.68 Å². The first kappa shape index (κ1) is 19.0. The maximum absolute atomic E-state index is 12.7. The minimum atomic E-state index is -0.181. The first-order valence-electron chi connectivity index (χ1n) is 8.84. The maximum atomic E-state index is 12.7. The summed E-state index contributed by atoms with van der Waals surface area (Å²) in [4.78, 5) is 12.7. The van der Waals surface area contributed by atoms with Crippen molar-refractivity contribution in [2.75, 3.05) is 0 Å². The van der Waals surface area contributed by atoms with E-state index in [1.54, 1.807) is 36.5 Å². The minimum absolute atomic E-state index is 0.0568. The van der Waals surface area contributed by atoms with Crippen molar-refractivity contribution in [3.05, 3.63) is 82.6 Å². The van der Waals surface area contributed by atoms with Crippen LogP contribution in [0, 0.1) is 6.92 Å². The molecule has 0 aliphatic rings. The highest BCUT2D eigenvalue weighted by molar-refractivity contribution is 6.30. The van der Waals surface area contributed by atoms with Crippen LogP contribution in [-0.2, 0) is 6.73 Å². The number of carbonyl (C=O) groups excluding carboxylic acids is 1. The first-order chi connectivity index (χ1) is 13.1. The van der Waals surface area contributed by atoms with Gasteiger partial charge in [0.1, 0.15) is 11.4 Å². The van der Waals surface area contributed by atoms with Gasteiger partial charge in [0, 0.05) is 11.2 Å². The Morgan fingerprint density at radius 2 is 1.85 bits per heavy atom. The molecule has 1 N–H and O–H groups in total. The number of nitrogens with one attached hydrogen (secondary N) is 1. The Balaban J connectivity index is 1.67. The normalized spacial score (nSPS) is 11.8. The van der Waals surface area contributed by atoms with E-state index in [9.17, 15) is 4.79 Å². The Bertz CT molecular complexity index is 889. The molecule has 3 rings (SSSR count). The molecule has 140 valence electrons. The summed E-state index contributed by atoms with van der Waals surface area (Å²) in [7, 11) is 0. The molecule has 6 heteroatoms. The van der Waals surface area contributed by atoms with Gasteiger partial charge in [-0.15, -0.1) is 0 Å². The van der Waals surface area contributed by atoms with E-state index in [4.69, 9.17) is 16.3 Å². The summed E-state index contributed by atoms with van der Waals surface area (Å²) in [5.41, 5.74) is 2.73. The van der Waals surface area contributed by atoms with E-state index in [1.807, 2.05) is 38.1 Å². The van der Waals surface area contributed by atoms with E-state index in [0.29, 0.717) is 16.5 Å². The van der Waals surface area contributed by atoms with Crippen LogP contribution < -0.4 is 10.1 Å². The maximum Gasteiger partial charge on any atom is 0.270 e. The number of aryl methyl sites for hydroxylation is 1. The van der Waals surface area contributed by atoms with Crippen LogP contribution in [-0.4, -0.2) is 15.7 Å². The molecule has 2 aromatic carbocycles. The Kier molecular flexibility index (Phi) is 6.14. The van der Waals surface area contributed by atoms with E-state index in [2.05, 4.69) is 10.4 Å². The quantitative estimate of drug-likeness (QED) is 0.639. The molecule has 0 aliphatic heterocycles. The van der Waals surface area contributed by atoms with Crippen molar-refractivity contribution in [1.29, 1.82) is 0 Å². The molecule has 0 bridgehead atoms. The average molecular weight is 384 g/mol. The second kappa shape index (κ2) is 8.73. The molecule has 0 aliphatic carbocycles. The molecule has 0 radical (unpaired) electrons. The Hall–Kier alpha value is -2.79. The zero-order chi connectivity index (χ0) is 19.2. The van der Waals surface area contributed by atoms with Crippen molar-refractivity contribution in [2.24, 2.45) is 0 Å². The van der Waals surface area contributed by atoms with Crippen LogP contribution in [0.15, 0.2) is 60.8 Å². The monoisotopic (exact) mass is 383 g/mol. The minimum Gasteiger partial charge on any atom is -0.471 e. The number of amides is 1. The lowest BCUT2D eigenvalue weighted by atomic mass is 10.0. The average Bonchev–Trinajstić information content (AvgIpc) is 3.15. The van der Waals surface area contributed by atoms with Crippen molar-refractivity contribution in [3.8, 4) is 5.75 Å². The first-order valence-corrected chi connectivity index (χ1v) is 9.22. The molecular formula is C21H22ClN3O2. The molecule has 5 nitrogen and oxygen atoms in total. The van der Waals surface area contributed by atoms with Crippen molar-refractivity contribution in [2.45, 2.75) is 33.0 Å². The molecule has 1 aromatic heterocycles. The van der Waals surface area contributed by atoms with E-state index >= 15 is 0 Å². The molecule has 1 heterocycles. The van der Waals surface area contributed by atoms with E-state index < -0.39 is 0 Å². The molecule has 1 amide bonds. The SMILES string of the molecule is CCC(NC(=O)c1ccnn1COc1ccc(Cl)cc1)c1ccc(C)cc1. The lowest BCUT2D eigenvalue weighted by Gasteiger charge is -2.18. The third-order valence-corrected chi connectivity index (χ3v) is 4.56. The highest BCUT2D eigenvalue weighted by Gasteiger charge is 2.17. The molecule has 0 spiro atoms. The lowest BCUT2D eigenvalue weighted by Crippen LogP contribution is -2.30. The number of hydrogen-bond acceptors (Lipinski definition) is 3. The Labute approximate surface area is 163 Å². The van der Waals surface area contributed by atoms with Gasteiger partial charge in [0.05, 0.1) is 6.04 Å². The smallest absolute Gasteiger partial charge is 0.270 e. The second-order valence-corrected chi connectivity index (χ2v) is 6.72. The summed E-state index contributed by atoms with van der Waals surface area (Å²) >= 11 is 5.87. The highest BCUT2D eigenvalue weighted by atomic mass is 35.5. The van der Waals surface area contributed by atoms with E-state index in [1.165, 1.54) is 10.2 Å². The fraction of sp³-hybridized carbons (Fsp3) is 0.238. The van der Waals surface area contributed by atoms with Gasteiger partial charge in [-0.1, -0.05) is 48.4 Å². The summed E-state index contributed by atoms with van der Waals surface area (Å²) in [6.07, 6.45) is 2.39. The largest absolute Gasteiger partial charge is 0.471 e. The van der Waals surface area contributed by atoms with Crippen LogP contribution >= 0.6 is 11.6 Å². The highest BCUT2D eigenvalue weighted by Crippen LogP contribution is 2.19. The van der Waals surface area contributed by atoms with Gasteiger partial charge in [0.25, 0.3) is 5.91 Å². The predicted octanol–water partition coefficient (Wildman–Crippen LogP) is 4.76. The van der Waals surface area contributed by atoms with Crippen LogP contribution in [0.1, 0.15) is 41.0 Å². The third-order valence-electron chi connectivity index (χ3n) is 4.31. The lowest BCUT2D eigenvalue weighted by molar-refractivity contribution is 0.0914.